The van der Waals surface area contributed by atoms with Crippen molar-refractivity contribution < 1.29 is 0 Å². The number of nitrogens with zero attached hydrogens (tertiary/aromatic N) is 2. The van der Waals surface area contributed by atoms with Gasteiger partial charge in [-0.15, -0.1) is 10.2 Å². The summed E-state index contributed by atoms with van der Waals surface area (Å²) >= 11 is 7.46. The minimum absolute atomic E-state index is 0.739. The maximum Gasteiger partial charge on any atom is 0.147 e. The maximum absolute atomic E-state index is 5.85. The van der Waals surface area contributed by atoms with Crippen LogP contribution in [0.5, 0.6) is 0 Å². The first-order chi connectivity index (χ1) is 8.29. The molecular formula is C12H14ClN3S. The van der Waals surface area contributed by atoms with E-state index in [4.69, 9.17) is 11.6 Å². The third kappa shape index (κ3) is 3.49. The summed E-state index contributed by atoms with van der Waals surface area (Å²) in [4.78, 5) is 0. The second-order valence-electron chi connectivity index (χ2n) is 3.68. The molecule has 2 aromatic rings. The molecule has 1 aromatic heterocycles. The molecule has 0 fully saturated rings. The zero-order valence-electron chi connectivity index (χ0n) is 9.61. The molecule has 0 atom stereocenters. The van der Waals surface area contributed by atoms with Crippen LogP contribution in [0.2, 0.25) is 5.02 Å². The van der Waals surface area contributed by atoms with Crippen molar-refractivity contribution >= 4 is 22.9 Å². The topological polar surface area (TPSA) is 37.8 Å². The van der Waals surface area contributed by atoms with Gasteiger partial charge in [0.05, 0.1) is 0 Å². The first-order valence-electron chi connectivity index (χ1n) is 5.58. The molecule has 3 nitrogen and oxygen atoms in total. The molecule has 0 saturated heterocycles. The standard InChI is InChI=1S/C12H14ClN3S/c1-2-7-14-8-11-15-16-12(17-11)9-3-5-10(13)6-4-9/h3-6,14H,2,7-8H2,1H3. The molecule has 1 aromatic carbocycles. The van der Waals surface area contributed by atoms with Gasteiger partial charge in [-0.05, 0) is 25.1 Å². The second-order valence-corrected chi connectivity index (χ2v) is 5.18. The fourth-order valence-corrected chi connectivity index (χ4v) is 2.35. The Hall–Kier alpha value is -0.970. The molecule has 90 valence electrons. The lowest BCUT2D eigenvalue weighted by Gasteiger charge is -1.97. The van der Waals surface area contributed by atoms with Crippen molar-refractivity contribution in [1.29, 1.82) is 0 Å². The summed E-state index contributed by atoms with van der Waals surface area (Å²) in [7, 11) is 0. The molecule has 0 unspecified atom stereocenters. The van der Waals surface area contributed by atoms with Gasteiger partial charge >= 0.3 is 0 Å². The molecule has 0 bridgehead atoms. The van der Waals surface area contributed by atoms with E-state index in [-0.39, 0.29) is 0 Å². The molecule has 0 aliphatic heterocycles. The first kappa shape index (κ1) is 12.5. The van der Waals surface area contributed by atoms with E-state index in [9.17, 15) is 0 Å². The summed E-state index contributed by atoms with van der Waals surface area (Å²) in [5.41, 5.74) is 1.06. The molecule has 0 amide bonds. The molecule has 0 aliphatic carbocycles. The molecule has 1 N–H and O–H groups in total. The average Bonchev–Trinajstić information content (AvgIpc) is 2.79. The third-order valence-corrected chi connectivity index (χ3v) is 3.49. The van der Waals surface area contributed by atoms with Crippen LogP contribution in [-0.4, -0.2) is 16.7 Å². The predicted octanol–water partition coefficient (Wildman–Crippen LogP) is 3.36. The van der Waals surface area contributed by atoms with Crippen molar-refractivity contribution in [2.45, 2.75) is 19.9 Å². The molecule has 0 aliphatic rings. The van der Waals surface area contributed by atoms with E-state index in [1.165, 1.54) is 0 Å². The van der Waals surface area contributed by atoms with Crippen LogP contribution >= 0.6 is 22.9 Å². The molecule has 0 saturated carbocycles. The fraction of sp³-hybridized carbons (Fsp3) is 0.333. The summed E-state index contributed by atoms with van der Waals surface area (Å²) in [6.07, 6.45) is 1.13. The van der Waals surface area contributed by atoms with E-state index >= 15 is 0 Å². The minimum Gasteiger partial charge on any atom is -0.310 e. The number of benzene rings is 1. The zero-order valence-corrected chi connectivity index (χ0v) is 11.2. The predicted molar refractivity (Wildman–Crippen MR) is 72.4 cm³/mol. The van der Waals surface area contributed by atoms with Gasteiger partial charge in [0.15, 0.2) is 0 Å². The normalized spacial score (nSPS) is 10.7. The highest BCUT2D eigenvalue weighted by Crippen LogP contribution is 2.24. The van der Waals surface area contributed by atoms with Crippen LogP contribution < -0.4 is 5.32 Å². The second kappa shape index (κ2) is 6.10. The molecule has 17 heavy (non-hydrogen) atoms. The number of aromatic nitrogens is 2. The Bertz CT molecular complexity index is 467. The van der Waals surface area contributed by atoms with Gasteiger partial charge in [0.1, 0.15) is 10.0 Å². The molecular weight excluding hydrogens is 254 g/mol. The van der Waals surface area contributed by atoms with E-state index in [0.29, 0.717) is 0 Å². The van der Waals surface area contributed by atoms with Crippen molar-refractivity contribution in [2.24, 2.45) is 0 Å². The van der Waals surface area contributed by atoms with Gasteiger partial charge in [0.2, 0.25) is 0 Å². The summed E-state index contributed by atoms with van der Waals surface area (Å²) in [6.45, 7) is 3.95. The van der Waals surface area contributed by atoms with Crippen LogP contribution in [0.25, 0.3) is 10.6 Å². The summed E-state index contributed by atoms with van der Waals surface area (Å²) in [6, 6.07) is 7.67. The van der Waals surface area contributed by atoms with Crippen molar-refractivity contribution in [2.75, 3.05) is 6.54 Å². The highest BCUT2D eigenvalue weighted by molar-refractivity contribution is 7.14. The Balaban J connectivity index is 2.04. The van der Waals surface area contributed by atoms with Crippen molar-refractivity contribution in [3.8, 4) is 10.6 Å². The fourth-order valence-electron chi connectivity index (χ4n) is 1.41. The van der Waals surface area contributed by atoms with Gasteiger partial charge in [-0.2, -0.15) is 0 Å². The Kier molecular flexibility index (Phi) is 4.48. The van der Waals surface area contributed by atoms with Crippen LogP contribution in [0.15, 0.2) is 24.3 Å². The Labute approximate surface area is 110 Å². The molecule has 2 rings (SSSR count). The average molecular weight is 268 g/mol. The number of hydrogen-bond acceptors (Lipinski definition) is 4. The molecule has 0 spiro atoms. The lowest BCUT2D eigenvalue weighted by molar-refractivity contribution is 0.668. The SMILES string of the molecule is CCCNCc1nnc(-c2ccc(Cl)cc2)s1. The lowest BCUT2D eigenvalue weighted by Crippen LogP contribution is -2.13. The van der Waals surface area contributed by atoms with Gasteiger partial charge in [-0.3, -0.25) is 0 Å². The maximum atomic E-state index is 5.85. The van der Waals surface area contributed by atoms with E-state index in [2.05, 4.69) is 22.4 Å². The third-order valence-electron chi connectivity index (χ3n) is 2.26. The van der Waals surface area contributed by atoms with E-state index in [0.717, 1.165) is 40.1 Å². The van der Waals surface area contributed by atoms with Crippen LogP contribution in [0.3, 0.4) is 0 Å². The van der Waals surface area contributed by atoms with E-state index in [1.54, 1.807) is 11.3 Å². The summed E-state index contributed by atoms with van der Waals surface area (Å²) in [5.74, 6) is 0. The lowest BCUT2D eigenvalue weighted by atomic mass is 10.2. The molecule has 5 heteroatoms. The van der Waals surface area contributed by atoms with Gasteiger partial charge in [0.25, 0.3) is 0 Å². The highest BCUT2D eigenvalue weighted by atomic mass is 35.5. The van der Waals surface area contributed by atoms with Crippen LogP contribution in [-0.2, 0) is 6.54 Å². The Morgan fingerprint density at radius 1 is 1.24 bits per heavy atom. The monoisotopic (exact) mass is 267 g/mol. The summed E-state index contributed by atoms with van der Waals surface area (Å²) in [5, 5.41) is 14.3. The van der Waals surface area contributed by atoms with Crippen LogP contribution in [0.1, 0.15) is 18.4 Å². The van der Waals surface area contributed by atoms with Crippen molar-refractivity contribution in [1.82, 2.24) is 15.5 Å². The van der Waals surface area contributed by atoms with Crippen LogP contribution in [0.4, 0.5) is 0 Å². The van der Waals surface area contributed by atoms with E-state index in [1.807, 2.05) is 24.3 Å². The number of hydrogen-bond donors (Lipinski definition) is 1. The largest absolute Gasteiger partial charge is 0.310 e. The smallest absolute Gasteiger partial charge is 0.147 e. The van der Waals surface area contributed by atoms with Crippen LogP contribution in [0, 0.1) is 0 Å². The molecule has 0 radical (unpaired) electrons. The van der Waals surface area contributed by atoms with Gasteiger partial charge in [-0.1, -0.05) is 42.0 Å². The number of halogens is 1. The summed E-state index contributed by atoms with van der Waals surface area (Å²) < 4.78 is 0. The first-order valence-corrected chi connectivity index (χ1v) is 6.78. The number of rotatable bonds is 5. The number of nitrogens with one attached hydrogen (secondary N) is 1. The van der Waals surface area contributed by atoms with Gasteiger partial charge < -0.3 is 5.32 Å². The Morgan fingerprint density at radius 3 is 2.71 bits per heavy atom. The zero-order chi connectivity index (χ0) is 12.1. The van der Waals surface area contributed by atoms with Gasteiger partial charge in [0, 0.05) is 17.1 Å². The van der Waals surface area contributed by atoms with Crippen molar-refractivity contribution in [3.05, 3.63) is 34.3 Å². The molecule has 1 heterocycles. The Morgan fingerprint density at radius 2 is 2.00 bits per heavy atom. The van der Waals surface area contributed by atoms with Gasteiger partial charge in [-0.25, -0.2) is 0 Å². The minimum atomic E-state index is 0.739. The quantitative estimate of drug-likeness (QED) is 0.844. The van der Waals surface area contributed by atoms with E-state index < -0.39 is 0 Å². The van der Waals surface area contributed by atoms with Crippen molar-refractivity contribution in [3.63, 3.8) is 0 Å². The highest BCUT2D eigenvalue weighted by Gasteiger charge is 2.05.